The Labute approximate surface area is 166 Å². The first kappa shape index (κ1) is 21.2. The first-order valence-electron chi connectivity index (χ1n) is 9.36. The molecule has 8 nitrogen and oxygen atoms in total. The van der Waals surface area contributed by atoms with E-state index in [2.05, 4.69) is 10.0 Å². The SMILES string of the molecule is CC(C)S(=O)(=O)NC[C@H]1OC[C@]2(CNC(=O)c3ccccc3)OC(C)(C)O[C@H]12. The van der Waals surface area contributed by atoms with Crippen LogP contribution < -0.4 is 10.0 Å². The number of amides is 1. The summed E-state index contributed by atoms with van der Waals surface area (Å²) in [6.07, 6.45) is -1.02. The van der Waals surface area contributed by atoms with Crippen LogP contribution in [-0.4, -0.2) is 62.9 Å². The molecule has 0 spiro atoms. The van der Waals surface area contributed by atoms with Gasteiger partial charge in [-0.15, -0.1) is 0 Å². The minimum Gasteiger partial charge on any atom is -0.371 e. The van der Waals surface area contributed by atoms with Crippen LogP contribution in [0.3, 0.4) is 0 Å². The van der Waals surface area contributed by atoms with E-state index < -0.39 is 38.9 Å². The van der Waals surface area contributed by atoms with Crippen LogP contribution in [0.4, 0.5) is 0 Å². The Morgan fingerprint density at radius 1 is 1.25 bits per heavy atom. The Morgan fingerprint density at radius 3 is 2.57 bits per heavy atom. The van der Waals surface area contributed by atoms with Crippen LogP contribution in [0, 0.1) is 0 Å². The van der Waals surface area contributed by atoms with Gasteiger partial charge in [-0.1, -0.05) is 18.2 Å². The summed E-state index contributed by atoms with van der Waals surface area (Å²) in [6, 6.07) is 8.90. The third-order valence-corrected chi connectivity index (χ3v) is 6.76. The number of carbonyl (C=O) groups excluding carboxylic acids is 1. The molecular formula is C19H28N2O6S. The van der Waals surface area contributed by atoms with Crippen molar-refractivity contribution in [2.24, 2.45) is 0 Å². The van der Waals surface area contributed by atoms with Gasteiger partial charge in [0.2, 0.25) is 10.0 Å². The van der Waals surface area contributed by atoms with Gasteiger partial charge in [-0.2, -0.15) is 0 Å². The molecule has 2 saturated heterocycles. The Hall–Kier alpha value is -1.52. The van der Waals surface area contributed by atoms with E-state index in [0.29, 0.717) is 5.56 Å². The van der Waals surface area contributed by atoms with Crippen LogP contribution in [0.1, 0.15) is 38.1 Å². The predicted molar refractivity (Wildman–Crippen MR) is 103 cm³/mol. The van der Waals surface area contributed by atoms with Gasteiger partial charge >= 0.3 is 0 Å². The highest BCUT2D eigenvalue weighted by Gasteiger charge is 2.61. The van der Waals surface area contributed by atoms with Crippen molar-refractivity contribution in [1.82, 2.24) is 10.0 Å². The Kier molecular flexibility index (Phi) is 5.84. The van der Waals surface area contributed by atoms with Crippen molar-refractivity contribution in [3.8, 4) is 0 Å². The van der Waals surface area contributed by atoms with Gasteiger partial charge in [-0.25, -0.2) is 13.1 Å². The summed E-state index contributed by atoms with van der Waals surface area (Å²) in [7, 11) is -3.42. The lowest BCUT2D eigenvalue weighted by Crippen LogP contribution is -2.52. The molecule has 156 valence electrons. The quantitative estimate of drug-likeness (QED) is 0.694. The zero-order chi connectivity index (χ0) is 20.6. The fraction of sp³-hybridized carbons (Fsp3) is 0.632. The second-order valence-corrected chi connectivity index (χ2v) is 10.3. The number of rotatable bonds is 7. The van der Waals surface area contributed by atoms with E-state index in [1.165, 1.54) is 0 Å². The lowest BCUT2D eigenvalue weighted by molar-refractivity contribution is -0.188. The number of carbonyl (C=O) groups is 1. The number of fused-ring (bicyclic) bond motifs is 1. The summed E-state index contributed by atoms with van der Waals surface area (Å²) in [4.78, 5) is 12.4. The third-order valence-electron chi connectivity index (χ3n) is 4.95. The highest BCUT2D eigenvalue weighted by Crippen LogP contribution is 2.43. The van der Waals surface area contributed by atoms with Crippen molar-refractivity contribution in [3.63, 3.8) is 0 Å². The molecular weight excluding hydrogens is 384 g/mol. The predicted octanol–water partition coefficient (Wildman–Crippen LogP) is 1.03. The fourth-order valence-corrected chi connectivity index (χ4v) is 4.22. The van der Waals surface area contributed by atoms with E-state index in [1.807, 2.05) is 6.07 Å². The Balaban J connectivity index is 1.69. The smallest absolute Gasteiger partial charge is 0.251 e. The van der Waals surface area contributed by atoms with Gasteiger partial charge in [0.15, 0.2) is 5.79 Å². The molecule has 0 bridgehead atoms. The summed E-state index contributed by atoms with van der Waals surface area (Å²) in [5, 5.41) is 2.35. The molecule has 2 N–H and O–H groups in total. The maximum Gasteiger partial charge on any atom is 0.251 e. The molecule has 0 unspecified atom stereocenters. The molecule has 1 amide bonds. The maximum atomic E-state index is 12.4. The van der Waals surface area contributed by atoms with Gasteiger partial charge in [0.25, 0.3) is 5.91 Å². The molecule has 3 rings (SSSR count). The van der Waals surface area contributed by atoms with Crippen LogP contribution in [-0.2, 0) is 24.2 Å². The number of benzene rings is 1. The molecule has 1 aromatic carbocycles. The summed E-state index contributed by atoms with van der Waals surface area (Å²) >= 11 is 0. The second kappa shape index (κ2) is 7.72. The van der Waals surface area contributed by atoms with Crippen molar-refractivity contribution >= 4 is 15.9 Å². The van der Waals surface area contributed by atoms with Crippen LogP contribution in [0.2, 0.25) is 0 Å². The standard InChI is InChI=1S/C19H28N2O6S/c1-13(2)28(23,24)21-10-15-16-19(12-25-15,27-18(3,4)26-16)11-20-17(22)14-8-6-5-7-9-14/h5-9,13,15-16,21H,10-12H2,1-4H3,(H,20,22)/t15-,16-,19+/m1/s1. The van der Waals surface area contributed by atoms with Crippen molar-refractivity contribution in [3.05, 3.63) is 35.9 Å². The van der Waals surface area contributed by atoms with Crippen molar-refractivity contribution in [2.45, 2.75) is 56.5 Å². The molecule has 0 radical (unpaired) electrons. The van der Waals surface area contributed by atoms with Gasteiger partial charge in [0.1, 0.15) is 17.8 Å². The van der Waals surface area contributed by atoms with E-state index in [9.17, 15) is 13.2 Å². The fourth-order valence-electron chi connectivity index (χ4n) is 3.49. The van der Waals surface area contributed by atoms with Gasteiger partial charge in [-0.05, 0) is 39.8 Å². The number of sulfonamides is 1. The molecule has 2 fully saturated rings. The molecule has 9 heteroatoms. The highest BCUT2D eigenvalue weighted by atomic mass is 32.2. The first-order chi connectivity index (χ1) is 13.0. The van der Waals surface area contributed by atoms with E-state index in [1.54, 1.807) is 52.0 Å². The molecule has 2 aliphatic heterocycles. The molecule has 28 heavy (non-hydrogen) atoms. The van der Waals surface area contributed by atoms with Crippen molar-refractivity contribution in [2.75, 3.05) is 19.7 Å². The number of hydrogen-bond acceptors (Lipinski definition) is 6. The van der Waals surface area contributed by atoms with Crippen LogP contribution in [0.15, 0.2) is 30.3 Å². The Bertz CT molecular complexity index is 811. The molecule has 0 saturated carbocycles. The number of ether oxygens (including phenoxy) is 3. The zero-order valence-electron chi connectivity index (χ0n) is 16.6. The van der Waals surface area contributed by atoms with Gasteiger partial charge in [0.05, 0.1) is 18.4 Å². The van der Waals surface area contributed by atoms with E-state index >= 15 is 0 Å². The molecule has 0 aliphatic carbocycles. The van der Waals surface area contributed by atoms with Crippen LogP contribution >= 0.6 is 0 Å². The zero-order valence-corrected chi connectivity index (χ0v) is 17.4. The second-order valence-electron chi connectivity index (χ2n) is 7.95. The van der Waals surface area contributed by atoms with E-state index in [-0.39, 0.29) is 25.6 Å². The van der Waals surface area contributed by atoms with Crippen molar-refractivity contribution in [1.29, 1.82) is 0 Å². The largest absolute Gasteiger partial charge is 0.371 e. The minimum atomic E-state index is -3.42. The van der Waals surface area contributed by atoms with E-state index in [4.69, 9.17) is 14.2 Å². The summed E-state index contributed by atoms with van der Waals surface area (Å²) in [5.41, 5.74) is -0.323. The third kappa shape index (κ3) is 4.38. The average molecular weight is 413 g/mol. The summed E-state index contributed by atoms with van der Waals surface area (Å²) < 4.78 is 44.6. The van der Waals surface area contributed by atoms with Crippen LogP contribution in [0.25, 0.3) is 0 Å². The summed E-state index contributed by atoms with van der Waals surface area (Å²) in [5.74, 6) is -1.08. The first-order valence-corrected chi connectivity index (χ1v) is 10.9. The topological polar surface area (TPSA) is 103 Å². The van der Waals surface area contributed by atoms with Crippen molar-refractivity contribution < 1.29 is 27.4 Å². The maximum absolute atomic E-state index is 12.4. The Morgan fingerprint density at radius 2 is 1.93 bits per heavy atom. The lowest BCUT2D eigenvalue weighted by atomic mass is 9.96. The monoisotopic (exact) mass is 412 g/mol. The van der Waals surface area contributed by atoms with Gasteiger partial charge < -0.3 is 19.5 Å². The molecule has 0 aromatic heterocycles. The lowest BCUT2D eigenvalue weighted by Gasteiger charge is -2.27. The average Bonchev–Trinajstić information content (AvgIpc) is 3.09. The van der Waals surface area contributed by atoms with E-state index in [0.717, 1.165) is 0 Å². The van der Waals surface area contributed by atoms with Crippen LogP contribution in [0.5, 0.6) is 0 Å². The van der Waals surface area contributed by atoms with Gasteiger partial charge in [0, 0.05) is 12.1 Å². The minimum absolute atomic E-state index is 0.0823. The molecule has 2 aliphatic rings. The molecule has 3 atom stereocenters. The molecule has 1 aromatic rings. The number of nitrogens with one attached hydrogen (secondary N) is 2. The molecule has 2 heterocycles. The number of hydrogen-bond donors (Lipinski definition) is 2. The van der Waals surface area contributed by atoms with Gasteiger partial charge in [-0.3, -0.25) is 4.79 Å². The highest BCUT2D eigenvalue weighted by molar-refractivity contribution is 7.90. The normalized spacial score (nSPS) is 29.0. The summed E-state index contributed by atoms with van der Waals surface area (Å²) in [6.45, 7) is 7.29.